The summed E-state index contributed by atoms with van der Waals surface area (Å²) in [6.07, 6.45) is 0. The standard InChI is InChI=1S/C17H19FN2O3S/c1-12-7-8-13(2)16(9-12)24(22,23)20(3)11-17(21)19-15-6-4-5-14(18)10-15/h4-10H,11H2,1-3H3,(H,19,21). The van der Waals surface area contributed by atoms with Crippen LogP contribution in [0.1, 0.15) is 11.1 Å². The summed E-state index contributed by atoms with van der Waals surface area (Å²) in [6, 6.07) is 10.5. The molecule has 0 radical (unpaired) electrons. The Kier molecular flexibility index (Phi) is 5.36. The maximum atomic E-state index is 13.1. The third-order valence-corrected chi connectivity index (χ3v) is 5.45. The number of rotatable bonds is 5. The zero-order valence-electron chi connectivity index (χ0n) is 13.7. The lowest BCUT2D eigenvalue weighted by atomic mass is 10.2. The number of nitrogens with zero attached hydrogens (tertiary/aromatic N) is 1. The van der Waals surface area contributed by atoms with Crippen molar-refractivity contribution < 1.29 is 17.6 Å². The van der Waals surface area contributed by atoms with Gasteiger partial charge in [-0.25, -0.2) is 12.8 Å². The summed E-state index contributed by atoms with van der Waals surface area (Å²) >= 11 is 0. The van der Waals surface area contributed by atoms with Crippen molar-refractivity contribution in [2.75, 3.05) is 18.9 Å². The zero-order valence-corrected chi connectivity index (χ0v) is 14.5. The van der Waals surface area contributed by atoms with Crippen LogP contribution in [0, 0.1) is 19.7 Å². The van der Waals surface area contributed by atoms with E-state index in [2.05, 4.69) is 5.32 Å². The molecular weight excluding hydrogens is 331 g/mol. The van der Waals surface area contributed by atoms with E-state index in [1.165, 1.54) is 25.2 Å². The molecule has 2 aromatic carbocycles. The van der Waals surface area contributed by atoms with E-state index in [1.807, 2.05) is 6.07 Å². The van der Waals surface area contributed by atoms with Crippen LogP contribution < -0.4 is 5.32 Å². The van der Waals surface area contributed by atoms with Crippen LogP contribution in [-0.2, 0) is 14.8 Å². The minimum Gasteiger partial charge on any atom is -0.325 e. The van der Waals surface area contributed by atoms with Crippen LogP contribution in [0.3, 0.4) is 0 Å². The van der Waals surface area contributed by atoms with E-state index in [9.17, 15) is 17.6 Å². The van der Waals surface area contributed by atoms with Gasteiger partial charge in [-0.05, 0) is 49.2 Å². The second kappa shape index (κ2) is 7.11. The lowest BCUT2D eigenvalue weighted by molar-refractivity contribution is -0.116. The number of carbonyl (C=O) groups excluding carboxylic acids is 1. The normalized spacial score (nSPS) is 11.5. The summed E-state index contributed by atoms with van der Waals surface area (Å²) in [5.74, 6) is -1.03. The lowest BCUT2D eigenvalue weighted by Crippen LogP contribution is -2.35. The lowest BCUT2D eigenvalue weighted by Gasteiger charge is -2.18. The average Bonchev–Trinajstić information content (AvgIpc) is 2.49. The van der Waals surface area contributed by atoms with Crippen LogP contribution >= 0.6 is 0 Å². The maximum absolute atomic E-state index is 13.1. The summed E-state index contributed by atoms with van der Waals surface area (Å²) in [6.45, 7) is 3.13. The van der Waals surface area contributed by atoms with Gasteiger partial charge in [-0.3, -0.25) is 4.79 Å². The Morgan fingerprint density at radius 1 is 1.17 bits per heavy atom. The molecule has 128 valence electrons. The van der Waals surface area contributed by atoms with Crippen LogP contribution in [0.15, 0.2) is 47.4 Å². The summed E-state index contributed by atoms with van der Waals surface area (Å²) < 4.78 is 39.4. The second-order valence-corrected chi connectivity index (χ2v) is 7.60. The van der Waals surface area contributed by atoms with Gasteiger partial charge >= 0.3 is 0 Å². The minimum absolute atomic E-state index is 0.170. The molecule has 2 rings (SSSR count). The SMILES string of the molecule is Cc1ccc(C)c(S(=O)(=O)N(C)CC(=O)Nc2cccc(F)c2)c1. The van der Waals surface area contributed by atoms with Crippen molar-refractivity contribution >= 4 is 21.6 Å². The molecule has 0 bridgehead atoms. The molecule has 0 fully saturated rings. The van der Waals surface area contributed by atoms with Crippen molar-refractivity contribution in [1.82, 2.24) is 4.31 Å². The number of amides is 1. The van der Waals surface area contributed by atoms with Gasteiger partial charge in [0.1, 0.15) is 5.82 Å². The van der Waals surface area contributed by atoms with Crippen LogP contribution in [0.5, 0.6) is 0 Å². The molecule has 5 nitrogen and oxygen atoms in total. The van der Waals surface area contributed by atoms with E-state index in [-0.39, 0.29) is 17.1 Å². The van der Waals surface area contributed by atoms with Crippen LogP contribution in [0.2, 0.25) is 0 Å². The fourth-order valence-electron chi connectivity index (χ4n) is 2.21. The quantitative estimate of drug-likeness (QED) is 0.902. The molecule has 0 spiro atoms. The fraction of sp³-hybridized carbons (Fsp3) is 0.235. The molecule has 0 unspecified atom stereocenters. The predicted octanol–water partition coefficient (Wildman–Crippen LogP) is 2.70. The second-order valence-electron chi connectivity index (χ2n) is 5.59. The monoisotopic (exact) mass is 350 g/mol. The van der Waals surface area contributed by atoms with E-state index in [4.69, 9.17) is 0 Å². The number of hydrogen-bond donors (Lipinski definition) is 1. The van der Waals surface area contributed by atoms with Crippen LogP contribution in [0.25, 0.3) is 0 Å². The molecule has 0 aliphatic heterocycles. The van der Waals surface area contributed by atoms with Crippen molar-refractivity contribution in [3.63, 3.8) is 0 Å². The van der Waals surface area contributed by atoms with E-state index in [0.717, 1.165) is 15.9 Å². The molecule has 0 aliphatic carbocycles. The first-order valence-corrected chi connectivity index (χ1v) is 8.73. The fourth-order valence-corrected chi connectivity index (χ4v) is 3.64. The molecule has 1 N–H and O–H groups in total. The molecule has 0 aliphatic rings. The number of hydrogen-bond acceptors (Lipinski definition) is 3. The highest BCUT2D eigenvalue weighted by atomic mass is 32.2. The number of aryl methyl sites for hydroxylation is 2. The molecule has 1 amide bonds. The van der Waals surface area contributed by atoms with E-state index in [1.54, 1.807) is 26.0 Å². The number of nitrogens with one attached hydrogen (secondary N) is 1. The van der Waals surface area contributed by atoms with Gasteiger partial charge in [0.2, 0.25) is 15.9 Å². The zero-order chi connectivity index (χ0) is 17.9. The van der Waals surface area contributed by atoms with Gasteiger partial charge in [0.15, 0.2) is 0 Å². The van der Waals surface area contributed by atoms with Gasteiger partial charge in [0.25, 0.3) is 0 Å². The van der Waals surface area contributed by atoms with Gasteiger partial charge in [0, 0.05) is 12.7 Å². The van der Waals surface area contributed by atoms with Crippen LogP contribution in [0.4, 0.5) is 10.1 Å². The highest BCUT2D eigenvalue weighted by molar-refractivity contribution is 7.89. The molecule has 0 aromatic heterocycles. The Morgan fingerprint density at radius 2 is 1.88 bits per heavy atom. The van der Waals surface area contributed by atoms with E-state index < -0.39 is 21.7 Å². The Labute approximate surface area is 141 Å². The van der Waals surface area contributed by atoms with E-state index in [0.29, 0.717) is 5.56 Å². The smallest absolute Gasteiger partial charge is 0.243 e. The number of benzene rings is 2. The minimum atomic E-state index is -3.79. The number of anilines is 1. The Morgan fingerprint density at radius 3 is 2.54 bits per heavy atom. The maximum Gasteiger partial charge on any atom is 0.243 e. The van der Waals surface area contributed by atoms with Crippen molar-refractivity contribution in [2.45, 2.75) is 18.7 Å². The van der Waals surface area contributed by atoms with Crippen molar-refractivity contribution in [3.05, 3.63) is 59.4 Å². The summed E-state index contributed by atoms with van der Waals surface area (Å²) in [5, 5.41) is 2.48. The Hall–Kier alpha value is -2.25. The molecule has 0 heterocycles. The Bertz CT molecular complexity index is 866. The summed E-state index contributed by atoms with van der Waals surface area (Å²) in [5.41, 5.74) is 1.70. The van der Waals surface area contributed by atoms with Gasteiger partial charge in [-0.15, -0.1) is 0 Å². The molecule has 24 heavy (non-hydrogen) atoms. The summed E-state index contributed by atoms with van der Waals surface area (Å²) in [7, 11) is -2.45. The van der Waals surface area contributed by atoms with Gasteiger partial charge in [0.05, 0.1) is 11.4 Å². The largest absolute Gasteiger partial charge is 0.325 e. The van der Waals surface area contributed by atoms with Crippen molar-refractivity contribution in [2.24, 2.45) is 0 Å². The van der Waals surface area contributed by atoms with Crippen LogP contribution in [-0.4, -0.2) is 32.2 Å². The molecule has 0 saturated heterocycles. The number of carbonyl (C=O) groups is 1. The van der Waals surface area contributed by atoms with E-state index >= 15 is 0 Å². The molecule has 0 saturated carbocycles. The molecule has 2 aromatic rings. The summed E-state index contributed by atoms with van der Waals surface area (Å²) in [4.78, 5) is 12.2. The highest BCUT2D eigenvalue weighted by Crippen LogP contribution is 2.20. The average molecular weight is 350 g/mol. The number of sulfonamides is 1. The highest BCUT2D eigenvalue weighted by Gasteiger charge is 2.24. The first-order chi connectivity index (χ1) is 11.2. The Balaban J connectivity index is 2.14. The van der Waals surface area contributed by atoms with Crippen molar-refractivity contribution in [3.8, 4) is 0 Å². The van der Waals surface area contributed by atoms with Gasteiger partial charge < -0.3 is 5.32 Å². The number of likely N-dealkylation sites (N-methyl/N-ethyl adjacent to an activating group) is 1. The number of halogens is 1. The van der Waals surface area contributed by atoms with Crippen molar-refractivity contribution in [1.29, 1.82) is 0 Å². The predicted molar refractivity (Wildman–Crippen MR) is 90.8 cm³/mol. The molecular formula is C17H19FN2O3S. The first-order valence-electron chi connectivity index (χ1n) is 7.29. The molecule has 7 heteroatoms. The van der Waals surface area contributed by atoms with Gasteiger partial charge in [-0.2, -0.15) is 4.31 Å². The first kappa shape index (κ1) is 18.1. The molecule has 0 atom stereocenters. The van der Waals surface area contributed by atoms with Gasteiger partial charge in [-0.1, -0.05) is 18.2 Å². The topological polar surface area (TPSA) is 66.5 Å². The third kappa shape index (κ3) is 4.18. The third-order valence-electron chi connectivity index (χ3n) is 3.51.